The standard InChI is InChI=1S/C10H15NO2S.ClH/c1-4-8-9(11-5-2)7(6-14-8)10(12)13-3;/h6,11H,4-5H2,1-3H3;1H. The van der Waals surface area contributed by atoms with E-state index in [1.165, 1.54) is 12.0 Å². The van der Waals surface area contributed by atoms with E-state index in [0.717, 1.165) is 18.7 Å². The van der Waals surface area contributed by atoms with Gasteiger partial charge in [0.25, 0.3) is 0 Å². The monoisotopic (exact) mass is 249 g/mol. The van der Waals surface area contributed by atoms with Crippen LogP contribution in [0.3, 0.4) is 0 Å². The zero-order valence-electron chi connectivity index (χ0n) is 9.12. The number of hydrogen-bond donors (Lipinski definition) is 1. The summed E-state index contributed by atoms with van der Waals surface area (Å²) in [7, 11) is 1.40. The molecule has 1 aromatic rings. The van der Waals surface area contributed by atoms with Gasteiger partial charge in [0.1, 0.15) is 0 Å². The molecule has 0 bridgehead atoms. The quantitative estimate of drug-likeness (QED) is 0.834. The van der Waals surface area contributed by atoms with Crippen molar-refractivity contribution in [1.29, 1.82) is 0 Å². The highest BCUT2D eigenvalue weighted by atomic mass is 35.5. The smallest absolute Gasteiger partial charge is 0.340 e. The number of aryl methyl sites for hydroxylation is 1. The Balaban J connectivity index is 0.00000196. The minimum absolute atomic E-state index is 0. The zero-order chi connectivity index (χ0) is 10.6. The third-order valence-electron chi connectivity index (χ3n) is 1.95. The van der Waals surface area contributed by atoms with Crippen molar-refractivity contribution in [3.8, 4) is 0 Å². The third-order valence-corrected chi connectivity index (χ3v) is 3.08. The molecule has 5 heteroatoms. The fraction of sp³-hybridized carbons (Fsp3) is 0.500. The van der Waals surface area contributed by atoms with Gasteiger partial charge in [-0.25, -0.2) is 4.79 Å². The van der Waals surface area contributed by atoms with Gasteiger partial charge in [-0.1, -0.05) is 6.92 Å². The first-order chi connectivity index (χ1) is 6.74. The van der Waals surface area contributed by atoms with Gasteiger partial charge >= 0.3 is 5.97 Å². The van der Waals surface area contributed by atoms with Crippen LogP contribution >= 0.6 is 23.7 Å². The molecule has 1 rings (SSSR count). The molecular formula is C10H16ClNO2S. The van der Waals surface area contributed by atoms with Crippen LogP contribution in [0.5, 0.6) is 0 Å². The number of anilines is 1. The van der Waals surface area contributed by atoms with E-state index in [9.17, 15) is 4.79 Å². The fourth-order valence-corrected chi connectivity index (χ4v) is 2.23. The van der Waals surface area contributed by atoms with Gasteiger partial charge in [-0.2, -0.15) is 0 Å². The first-order valence-electron chi connectivity index (χ1n) is 4.67. The number of carbonyl (C=O) groups is 1. The van der Waals surface area contributed by atoms with Crippen molar-refractivity contribution in [3.05, 3.63) is 15.8 Å². The van der Waals surface area contributed by atoms with Crippen LogP contribution in [-0.4, -0.2) is 19.6 Å². The van der Waals surface area contributed by atoms with E-state index in [2.05, 4.69) is 12.2 Å². The average Bonchev–Trinajstić information content (AvgIpc) is 2.60. The second-order valence-corrected chi connectivity index (χ2v) is 3.79. The topological polar surface area (TPSA) is 38.3 Å². The van der Waals surface area contributed by atoms with Crippen LogP contribution in [-0.2, 0) is 11.2 Å². The third kappa shape index (κ3) is 3.11. The summed E-state index contributed by atoms with van der Waals surface area (Å²) in [5.41, 5.74) is 1.59. The summed E-state index contributed by atoms with van der Waals surface area (Å²) >= 11 is 1.60. The molecule has 0 saturated heterocycles. The number of thiophene rings is 1. The summed E-state index contributed by atoms with van der Waals surface area (Å²) in [4.78, 5) is 12.6. The molecule has 0 spiro atoms. The van der Waals surface area contributed by atoms with Crippen molar-refractivity contribution >= 4 is 35.4 Å². The molecule has 1 heterocycles. The average molecular weight is 250 g/mol. The van der Waals surface area contributed by atoms with E-state index < -0.39 is 0 Å². The number of methoxy groups -OCH3 is 1. The molecule has 0 saturated carbocycles. The Morgan fingerprint density at radius 2 is 2.20 bits per heavy atom. The van der Waals surface area contributed by atoms with Gasteiger partial charge in [0.05, 0.1) is 18.4 Å². The van der Waals surface area contributed by atoms with Crippen LogP contribution in [0.25, 0.3) is 0 Å². The van der Waals surface area contributed by atoms with Gasteiger partial charge in [-0.05, 0) is 13.3 Å². The van der Waals surface area contributed by atoms with Gasteiger partial charge in [0.2, 0.25) is 0 Å². The second kappa shape index (κ2) is 6.69. The Kier molecular flexibility index (Phi) is 6.36. The first-order valence-corrected chi connectivity index (χ1v) is 5.55. The zero-order valence-corrected chi connectivity index (χ0v) is 10.8. The highest BCUT2D eigenvalue weighted by Gasteiger charge is 2.16. The van der Waals surface area contributed by atoms with Gasteiger partial charge in [0, 0.05) is 16.8 Å². The number of nitrogens with one attached hydrogen (secondary N) is 1. The van der Waals surface area contributed by atoms with Crippen molar-refractivity contribution in [2.45, 2.75) is 20.3 Å². The summed E-state index contributed by atoms with van der Waals surface area (Å²) in [5.74, 6) is -0.267. The minimum atomic E-state index is -0.267. The lowest BCUT2D eigenvalue weighted by Gasteiger charge is -2.06. The van der Waals surface area contributed by atoms with E-state index in [1.807, 2.05) is 12.3 Å². The maximum absolute atomic E-state index is 11.4. The number of rotatable bonds is 4. The van der Waals surface area contributed by atoms with E-state index in [1.54, 1.807) is 11.3 Å². The SMILES string of the molecule is CCNc1c(C(=O)OC)csc1CC.Cl. The van der Waals surface area contributed by atoms with Gasteiger partial charge in [-0.3, -0.25) is 0 Å². The number of esters is 1. The molecule has 0 aromatic carbocycles. The van der Waals surface area contributed by atoms with E-state index >= 15 is 0 Å². The Labute approximate surface area is 100 Å². The van der Waals surface area contributed by atoms with E-state index in [-0.39, 0.29) is 18.4 Å². The minimum Gasteiger partial charge on any atom is -0.465 e. The number of carbonyl (C=O) groups excluding carboxylic acids is 1. The summed E-state index contributed by atoms with van der Waals surface area (Å²) in [6.07, 6.45) is 0.935. The molecule has 0 amide bonds. The number of halogens is 1. The summed E-state index contributed by atoms with van der Waals surface area (Å²) < 4.78 is 4.71. The molecule has 1 N–H and O–H groups in total. The van der Waals surface area contributed by atoms with Crippen molar-refractivity contribution in [2.75, 3.05) is 19.0 Å². The molecule has 0 radical (unpaired) electrons. The molecule has 0 atom stereocenters. The maximum atomic E-state index is 11.4. The van der Waals surface area contributed by atoms with Crippen LogP contribution in [0.15, 0.2) is 5.38 Å². The normalized spacial score (nSPS) is 9.27. The lowest BCUT2D eigenvalue weighted by atomic mass is 10.2. The summed E-state index contributed by atoms with van der Waals surface area (Å²) in [6, 6.07) is 0. The predicted molar refractivity (Wildman–Crippen MR) is 66.4 cm³/mol. The molecule has 86 valence electrons. The second-order valence-electron chi connectivity index (χ2n) is 2.82. The largest absolute Gasteiger partial charge is 0.465 e. The Morgan fingerprint density at radius 1 is 1.53 bits per heavy atom. The van der Waals surface area contributed by atoms with Crippen LogP contribution < -0.4 is 5.32 Å². The predicted octanol–water partition coefficient (Wildman–Crippen LogP) is 2.95. The van der Waals surface area contributed by atoms with Crippen molar-refractivity contribution in [2.24, 2.45) is 0 Å². The maximum Gasteiger partial charge on any atom is 0.340 e. The summed E-state index contributed by atoms with van der Waals surface area (Å²) in [5, 5.41) is 5.05. The molecular weight excluding hydrogens is 234 g/mol. The molecule has 0 unspecified atom stereocenters. The van der Waals surface area contributed by atoms with Crippen LogP contribution in [0.2, 0.25) is 0 Å². The highest BCUT2D eigenvalue weighted by molar-refractivity contribution is 7.10. The summed E-state index contributed by atoms with van der Waals surface area (Å²) in [6.45, 7) is 4.90. The Morgan fingerprint density at radius 3 is 2.67 bits per heavy atom. The first kappa shape index (κ1) is 14.3. The van der Waals surface area contributed by atoms with Gasteiger partial charge in [0.15, 0.2) is 0 Å². The Hall–Kier alpha value is -0.740. The van der Waals surface area contributed by atoms with Gasteiger partial charge < -0.3 is 10.1 Å². The van der Waals surface area contributed by atoms with Crippen LogP contribution in [0.1, 0.15) is 29.1 Å². The molecule has 1 aromatic heterocycles. The number of ether oxygens (including phenoxy) is 1. The molecule has 0 fully saturated rings. The molecule has 0 aliphatic carbocycles. The van der Waals surface area contributed by atoms with Crippen molar-refractivity contribution in [3.63, 3.8) is 0 Å². The Bertz CT molecular complexity index is 325. The van der Waals surface area contributed by atoms with Gasteiger partial charge in [-0.15, -0.1) is 23.7 Å². The van der Waals surface area contributed by atoms with Crippen LogP contribution in [0, 0.1) is 0 Å². The number of hydrogen-bond acceptors (Lipinski definition) is 4. The van der Waals surface area contributed by atoms with E-state index in [0.29, 0.717) is 5.56 Å². The van der Waals surface area contributed by atoms with Crippen LogP contribution in [0.4, 0.5) is 5.69 Å². The lowest BCUT2D eigenvalue weighted by molar-refractivity contribution is 0.0602. The molecule has 0 aliphatic heterocycles. The van der Waals surface area contributed by atoms with Crippen molar-refractivity contribution < 1.29 is 9.53 Å². The van der Waals surface area contributed by atoms with Crippen molar-refractivity contribution in [1.82, 2.24) is 0 Å². The van der Waals surface area contributed by atoms with E-state index in [4.69, 9.17) is 4.74 Å². The lowest BCUT2D eigenvalue weighted by Crippen LogP contribution is -2.06. The molecule has 3 nitrogen and oxygen atoms in total. The highest BCUT2D eigenvalue weighted by Crippen LogP contribution is 2.29. The molecule has 0 aliphatic rings. The fourth-order valence-electron chi connectivity index (χ4n) is 1.29. The molecule has 15 heavy (non-hydrogen) atoms.